The molecule has 0 saturated heterocycles. The molecule has 7 heteroatoms. The molecule has 1 aliphatic rings. The van der Waals surface area contributed by atoms with Crippen LogP contribution in [0.25, 0.3) is 0 Å². The first-order valence-electron chi connectivity index (χ1n) is 7.80. The zero-order chi connectivity index (χ0) is 15.2. The molecule has 1 aliphatic heterocycles. The summed E-state index contributed by atoms with van der Waals surface area (Å²) in [6.45, 7) is 9.22. The topological polar surface area (TPSA) is 79.0 Å². The first-order valence-corrected chi connectivity index (χ1v) is 7.80. The van der Waals surface area contributed by atoms with Gasteiger partial charge in [0, 0.05) is 43.9 Å². The van der Waals surface area contributed by atoms with Gasteiger partial charge in [0.05, 0.1) is 6.10 Å². The number of fused-ring (bicyclic) bond motifs is 1. The van der Waals surface area contributed by atoms with Crippen molar-refractivity contribution in [2.24, 2.45) is 5.92 Å². The number of aromatic amines is 1. The van der Waals surface area contributed by atoms with Gasteiger partial charge >= 0.3 is 0 Å². The maximum absolute atomic E-state index is 12.2. The van der Waals surface area contributed by atoms with E-state index in [1.54, 1.807) is 0 Å². The number of amides is 1. The molecular formula is C15H27ClN4O2. The molecule has 0 saturated carbocycles. The summed E-state index contributed by atoms with van der Waals surface area (Å²) in [7, 11) is 0. The molecule has 22 heavy (non-hydrogen) atoms. The predicted molar refractivity (Wildman–Crippen MR) is 88.4 cm³/mol. The average Bonchev–Trinajstić information content (AvgIpc) is 2.90. The van der Waals surface area contributed by atoms with Gasteiger partial charge < -0.3 is 15.4 Å². The van der Waals surface area contributed by atoms with E-state index in [-0.39, 0.29) is 24.4 Å². The van der Waals surface area contributed by atoms with Crippen molar-refractivity contribution in [1.29, 1.82) is 0 Å². The van der Waals surface area contributed by atoms with E-state index in [2.05, 4.69) is 34.7 Å². The van der Waals surface area contributed by atoms with Crippen LogP contribution in [-0.2, 0) is 17.7 Å². The van der Waals surface area contributed by atoms with Crippen LogP contribution >= 0.6 is 12.4 Å². The Balaban J connectivity index is 0.00000242. The normalized spacial score (nSPS) is 15.1. The number of carbonyl (C=O) groups is 1. The summed E-state index contributed by atoms with van der Waals surface area (Å²) in [6, 6.07) is 0. The fourth-order valence-electron chi connectivity index (χ4n) is 2.65. The standard InChI is InChI=1S/C15H26N4O2.ClH/c1-4-21-13(10(2)3)6-8-17-15(20)14-11-9-16-7-5-12(11)18-19-14;/h10,13,16H,4-9H2,1-3H3,(H,17,20)(H,18,19);1H. The zero-order valence-electron chi connectivity index (χ0n) is 13.6. The van der Waals surface area contributed by atoms with Crippen LogP contribution < -0.4 is 10.6 Å². The Labute approximate surface area is 138 Å². The van der Waals surface area contributed by atoms with Crippen molar-refractivity contribution in [1.82, 2.24) is 20.8 Å². The summed E-state index contributed by atoms with van der Waals surface area (Å²) in [5, 5.41) is 13.3. The zero-order valence-corrected chi connectivity index (χ0v) is 14.4. The van der Waals surface area contributed by atoms with Crippen molar-refractivity contribution in [2.75, 3.05) is 19.7 Å². The van der Waals surface area contributed by atoms with E-state index in [1.165, 1.54) is 0 Å². The Morgan fingerprint density at radius 1 is 1.45 bits per heavy atom. The fraction of sp³-hybridized carbons (Fsp3) is 0.733. The summed E-state index contributed by atoms with van der Waals surface area (Å²) in [6.07, 6.45) is 1.90. The number of carbonyl (C=O) groups excluding carboxylic acids is 1. The summed E-state index contributed by atoms with van der Waals surface area (Å²) in [5.74, 6) is 0.347. The first kappa shape index (κ1) is 18.9. The molecule has 6 nitrogen and oxygen atoms in total. The fourth-order valence-corrected chi connectivity index (χ4v) is 2.65. The Bertz CT molecular complexity index is 476. The van der Waals surface area contributed by atoms with E-state index < -0.39 is 0 Å². The van der Waals surface area contributed by atoms with E-state index >= 15 is 0 Å². The van der Waals surface area contributed by atoms with Gasteiger partial charge in [-0.05, 0) is 19.3 Å². The van der Waals surface area contributed by atoms with Crippen LogP contribution in [0.2, 0.25) is 0 Å². The Morgan fingerprint density at radius 3 is 2.91 bits per heavy atom. The number of nitrogens with one attached hydrogen (secondary N) is 3. The van der Waals surface area contributed by atoms with E-state index in [4.69, 9.17) is 4.74 Å². The molecule has 2 heterocycles. The number of hydrogen-bond acceptors (Lipinski definition) is 4. The summed E-state index contributed by atoms with van der Waals surface area (Å²) < 4.78 is 5.68. The van der Waals surface area contributed by atoms with Gasteiger partial charge in [-0.25, -0.2) is 0 Å². The number of ether oxygens (including phenoxy) is 1. The minimum atomic E-state index is -0.102. The van der Waals surface area contributed by atoms with Gasteiger partial charge in [-0.15, -0.1) is 12.4 Å². The van der Waals surface area contributed by atoms with Gasteiger partial charge in [-0.3, -0.25) is 9.89 Å². The molecule has 1 aromatic rings. The van der Waals surface area contributed by atoms with Crippen LogP contribution in [-0.4, -0.2) is 41.9 Å². The maximum atomic E-state index is 12.2. The van der Waals surface area contributed by atoms with Gasteiger partial charge in [0.25, 0.3) is 5.91 Å². The largest absolute Gasteiger partial charge is 0.378 e. The van der Waals surface area contributed by atoms with E-state index in [0.717, 1.165) is 30.6 Å². The molecule has 0 spiro atoms. The van der Waals surface area contributed by atoms with Gasteiger partial charge in [0.2, 0.25) is 0 Å². The van der Waals surface area contributed by atoms with Crippen LogP contribution in [0.3, 0.4) is 0 Å². The third-order valence-corrected chi connectivity index (χ3v) is 3.86. The molecule has 1 amide bonds. The van der Waals surface area contributed by atoms with E-state index in [1.807, 2.05) is 6.92 Å². The highest BCUT2D eigenvalue weighted by molar-refractivity contribution is 5.94. The van der Waals surface area contributed by atoms with Crippen LogP contribution in [0, 0.1) is 5.92 Å². The predicted octanol–water partition coefficient (Wildman–Crippen LogP) is 1.66. The third kappa shape index (κ3) is 4.69. The van der Waals surface area contributed by atoms with Crippen molar-refractivity contribution in [3.63, 3.8) is 0 Å². The molecular weight excluding hydrogens is 304 g/mol. The molecule has 1 unspecified atom stereocenters. The summed E-state index contributed by atoms with van der Waals surface area (Å²) in [4.78, 5) is 12.2. The SMILES string of the molecule is CCOC(CCNC(=O)c1n[nH]c2c1CNCC2)C(C)C.Cl. The highest BCUT2D eigenvalue weighted by Gasteiger charge is 2.21. The van der Waals surface area contributed by atoms with Crippen molar-refractivity contribution >= 4 is 18.3 Å². The quantitative estimate of drug-likeness (QED) is 0.710. The number of H-pyrrole nitrogens is 1. The Kier molecular flexibility index (Phi) is 7.85. The lowest BCUT2D eigenvalue weighted by molar-refractivity contribution is 0.0251. The molecule has 0 radical (unpaired) electrons. The second-order valence-corrected chi connectivity index (χ2v) is 5.74. The smallest absolute Gasteiger partial charge is 0.272 e. The number of aromatic nitrogens is 2. The Morgan fingerprint density at radius 2 is 2.23 bits per heavy atom. The molecule has 0 fully saturated rings. The second kappa shape index (κ2) is 9.12. The molecule has 2 rings (SSSR count). The molecule has 0 bridgehead atoms. The maximum Gasteiger partial charge on any atom is 0.272 e. The molecule has 126 valence electrons. The lowest BCUT2D eigenvalue weighted by Gasteiger charge is -2.20. The molecule has 3 N–H and O–H groups in total. The lowest BCUT2D eigenvalue weighted by atomic mass is 10.0. The van der Waals surface area contributed by atoms with Gasteiger partial charge in [0.1, 0.15) is 0 Å². The first-order chi connectivity index (χ1) is 10.1. The summed E-state index contributed by atoms with van der Waals surface area (Å²) >= 11 is 0. The van der Waals surface area contributed by atoms with Crippen molar-refractivity contribution in [2.45, 2.75) is 46.3 Å². The molecule has 1 atom stereocenters. The van der Waals surface area contributed by atoms with Crippen molar-refractivity contribution < 1.29 is 9.53 Å². The van der Waals surface area contributed by atoms with Crippen LogP contribution in [0.4, 0.5) is 0 Å². The Hall–Kier alpha value is -1.11. The van der Waals surface area contributed by atoms with Crippen LogP contribution in [0.5, 0.6) is 0 Å². The van der Waals surface area contributed by atoms with Gasteiger partial charge in [0.15, 0.2) is 5.69 Å². The van der Waals surface area contributed by atoms with E-state index in [0.29, 0.717) is 31.3 Å². The monoisotopic (exact) mass is 330 g/mol. The average molecular weight is 331 g/mol. The lowest BCUT2D eigenvalue weighted by Crippen LogP contribution is -2.32. The van der Waals surface area contributed by atoms with Crippen LogP contribution in [0.1, 0.15) is 48.9 Å². The van der Waals surface area contributed by atoms with Crippen LogP contribution in [0.15, 0.2) is 0 Å². The number of rotatable bonds is 7. The minimum absolute atomic E-state index is 0. The highest BCUT2D eigenvalue weighted by Crippen LogP contribution is 2.15. The molecule has 0 aromatic carbocycles. The number of halogens is 1. The van der Waals surface area contributed by atoms with E-state index in [9.17, 15) is 4.79 Å². The number of nitrogens with zero attached hydrogens (tertiary/aromatic N) is 1. The molecule has 1 aromatic heterocycles. The summed E-state index contributed by atoms with van der Waals surface area (Å²) in [5.41, 5.74) is 2.60. The van der Waals surface area contributed by atoms with Gasteiger partial charge in [-0.2, -0.15) is 5.10 Å². The number of hydrogen-bond donors (Lipinski definition) is 3. The van der Waals surface area contributed by atoms with Crippen molar-refractivity contribution in [3.05, 3.63) is 17.0 Å². The third-order valence-electron chi connectivity index (χ3n) is 3.86. The molecule has 0 aliphatic carbocycles. The van der Waals surface area contributed by atoms with Crippen molar-refractivity contribution in [3.8, 4) is 0 Å². The van der Waals surface area contributed by atoms with Gasteiger partial charge in [-0.1, -0.05) is 13.8 Å². The minimum Gasteiger partial charge on any atom is -0.378 e. The highest BCUT2D eigenvalue weighted by atomic mass is 35.5. The second-order valence-electron chi connectivity index (χ2n) is 5.74.